The lowest BCUT2D eigenvalue weighted by molar-refractivity contribution is -0.146. The van der Waals surface area contributed by atoms with Crippen LogP contribution in [0.1, 0.15) is 0 Å². The van der Waals surface area contributed by atoms with Gasteiger partial charge in [-0.1, -0.05) is 12.1 Å². The molecule has 2 rings (SSSR count). The van der Waals surface area contributed by atoms with Gasteiger partial charge in [-0.25, -0.2) is 4.39 Å². The first-order valence-corrected chi connectivity index (χ1v) is 5.54. The number of ether oxygens (including phenoxy) is 1. The Balaban J connectivity index is 1.93. The molecule has 1 aliphatic heterocycles. The van der Waals surface area contributed by atoms with Crippen LogP contribution in [0.15, 0.2) is 24.3 Å². The Morgan fingerprint density at radius 1 is 1.26 bits per heavy atom. The second-order valence-corrected chi connectivity index (χ2v) is 3.94. The SMILES string of the molecule is O=C1CN(C(=O)COc2ccccc2F)CC(=O)N1. The zero-order valence-electron chi connectivity index (χ0n) is 9.89. The van der Waals surface area contributed by atoms with Crippen molar-refractivity contribution in [1.29, 1.82) is 0 Å². The van der Waals surface area contributed by atoms with Crippen molar-refractivity contribution in [2.24, 2.45) is 0 Å². The Kier molecular flexibility index (Phi) is 3.74. The van der Waals surface area contributed by atoms with Gasteiger partial charge >= 0.3 is 0 Å². The van der Waals surface area contributed by atoms with Gasteiger partial charge in [-0.2, -0.15) is 0 Å². The van der Waals surface area contributed by atoms with Crippen molar-refractivity contribution in [2.75, 3.05) is 19.7 Å². The summed E-state index contributed by atoms with van der Waals surface area (Å²) in [5.41, 5.74) is 0. The number of nitrogens with one attached hydrogen (secondary N) is 1. The lowest BCUT2D eigenvalue weighted by Gasteiger charge is -2.25. The lowest BCUT2D eigenvalue weighted by Crippen LogP contribution is -2.54. The Morgan fingerprint density at radius 2 is 1.89 bits per heavy atom. The van der Waals surface area contributed by atoms with E-state index in [9.17, 15) is 18.8 Å². The van der Waals surface area contributed by atoms with Crippen LogP contribution < -0.4 is 10.1 Å². The third-order valence-corrected chi connectivity index (χ3v) is 2.49. The number of hydrogen-bond acceptors (Lipinski definition) is 4. The van der Waals surface area contributed by atoms with Gasteiger partial charge in [0, 0.05) is 0 Å². The number of piperazine rings is 1. The molecule has 0 unspecified atom stereocenters. The summed E-state index contributed by atoms with van der Waals surface area (Å²) in [4.78, 5) is 35.0. The van der Waals surface area contributed by atoms with E-state index < -0.39 is 30.1 Å². The second-order valence-electron chi connectivity index (χ2n) is 3.94. The Labute approximate surface area is 108 Å². The van der Waals surface area contributed by atoms with Gasteiger partial charge in [0.05, 0.1) is 0 Å². The largest absolute Gasteiger partial charge is 0.481 e. The van der Waals surface area contributed by atoms with E-state index in [1.807, 2.05) is 0 Å². The number of carbonyl (C=O) groups is 3. The van der Waals surface area contributed by atoms with Gasteiger partial charge < -0.3 is 9.64 Å². The van der Waals surface area contributed by atoms with Crippen LogP contribution in [-0.4, -0.2) is 42.3 Å². The van der Waals surface area contributed by atoms with Crippen LogP contribution in [-0.2, 0) is 14.4 Å². The highest BCUT2D eigenvalue weighted by atomic mass is 19.1. The molecule has 0 spiro atoms. The smallest absolute Gasteiger partial charge is 0.261 e. The van der Waals surface area contributed by atoms with Crippen molar-refractivity contribution in [3.63, 3.8) is 0 Å². The molecule has 0 bridgehead atoms. The second kappa shape index (κ2) is 5.47. The van der Waals surface area contributed by atoms with Crippen molar-refractivity contribution in [3.05, 3.63) is 30.1 Å². The van der Waals surface area contributed by atoms with Crippen molar-refractivity contribution >= 4 is 17.7 Å². The molecule has 0 aromatic heterocycles. The number of benzene rings is 1. The van der Waals surface area contributed by atoms with Gasteiger partial charge in [0.1, 0.15) is 13.1 Å². The first-order valence-electron chi connectivity index (χ1n) is 5.54. The molecule has 1 aromatic carbocycles. The molecule has 1 aliphatic rings. The zero-order valence-corrected chi connectivity index (χ0v) is 9.89. The van der Waals surface area contributed by atoms with Crippen LogP contribution in [0.3, 0.4) is 0 Å². The monoisotopic (exact) mass is 266 g/mol. The molecule has 1 aromatic rings. The summed E-state index contributed by atoms with van der Waals surface area (Å²) in [7, 11) is 0. The molecule has 3 amide bonds. The summed E-state index contributed by atoms with van der Waals surface area (Å²) >= 11 is 0. The highest BCUT2D eigenvalue weighted by molar-refractivity contribution is 6.02. The van der Waals surface area contributed by atoms with E-state index in [0.717, 1.165) is 4.90 Å². The van der Waals surface area contributed by atoms with Crippen LogP contribution in [0.25, 0.3) is 0 Å². The number of rotatable bonds is 3. The van der Waals surface area contributed by atoms with Gasteiger partial charge in [0.25, 0.3) is 5.91 Å². The van der Waals surface area contributed by atoms with Crippen molar-refractivity contribution in [2.45, 2.75) is 0 Å². The molecule has 7 heteroatoms. The van der Waals surface area contributed by atoms with Crippen LogP contribution >= 0.6 is 0 Å². The van der Waals surface area contributed by atoms with Gasteiger partial charge in [0.15, 0.2) is 18.2 Å². The molecule has 100 valence electrons. The fourth-order valence-electron chi connectivity index (χ4n) is 1.61. The van der Waals surface area contributed by atoms with Gasteiger partial charge in [-0.15, -0.1) is 0 Å². The maximum Gasteiger partial charge on any atom is 0.261 e. The molecular weight excluding hydrogens is 255 g/mol. The third kappa shape index (κ3) is 3.27. The van der Waals surface area contributed by atoms with Crippen LogP contribution in [0.4, 0.5) is 4.39 Å². The van der Waals surface area contributed by atoms with E-state index in [-0.39, 0.29) is 18.8 Å². The minimum atomic E-state index is -0.581. The number of amides is 3. The van der Waals surface area contributed by atoms with Crippen LogP contribution in [0.5, 0.6) is 5.75 Å². The Bertz CT molecular complexity index is 516. The van der Waals surface area contributed by atoms with E-state index in [4.69, 9.17) is 4.74 Å². The maximum absolute atomic E-state index is 13.2. The minimum Gasteiger partial charge on any atom is -0.481 e. The Morgan fingerprint density at radius 3 is 2.53 bits per heavy atom. The Hall–Kier alpha value is -2.44. The maximum atomic E-state index is 13.2. The molecule has 1 heterocycles. The van der Waals surface area contributed by atoms with E-state index in [0.29, 0.717) is 0 Å². The molecule has 0 atom stereocenters. The van der Waals surface area contributed by atoms with E-state index in [1.165, 1.54) is 18.2 Å². The highest BCUT2D eigenvalue weighted by Gasteiger charge is 2.26. The zero-order chi connectivity index (χ0) is 13.8. The fraction of sp³-hybridized carbons (Fsp3) is 0.250. The molecule has 0 aliphatic carbocycles. The van der Waals surface area contributed by atoms with Gasteiger partial charge in [-0.3, -0.25) is 19.7 Å². The molecule has 1 fully saturated rings. The molecule has 0 radical (unpaired) electrons. The predicted octanol–water partition coefficient (Wildman–Crippen LogP) is -0.310. The summed E-state index contributed by atoms with van der Waals surface area (Å²) in [6, 6.07) is 5.66. The summed E-state index contributed by atoms with van der Waals surface area (Å²) < 4.78 is 18.3. The molecular formula is C12H11FN2O4. The van der Waals surface area contributed by atoms with Crippen LogP contribution in [0, 0.1) is 5.82 Å². The average molecular weight is 266 g/mol. The highest BCUT2D eigenvalue weighted by Crippen LogP contribution is 2.15. The molecule has 0 saturated carbocycles. The van der Waals surface area contributed by atoms with Crippen molar-refractivity contribution < 1.29 is 23.5 Å². The van der Waals surface area contributed by atoms with Crippen molar-refractivity contribution in [1.82, 2.24) is 10.2 Å². The number of imide groups is 1. The number of nitrogens with zero attached hydrogens (tertiary/aromatic N) is 1. The number of hydrogen-bond donors (Lipinski definition) is 1. The van der Waals surface area contributed by atoms with E-state index in [2.05, 4.69) is 5.32 Å². The molecule has 19 heavy (non-hydrogen) atoms. The normalized spacial score (nSPS) is 15.1. The first-order chi connectivity index (χ1) is 9.06. The lowest BCUT2D eigenvalue weighted by atomic mass is 10.3. The third-order valence-electron chi connectivity index (χ3n) is 2.49. The summed E-state index contributed by atoms with van der Waals surface area (Å²) in [5.74, 6) is -2.27. The average Bonchev–Trinajstić information content (AvgIpc) is 2.36. The van der Waals surface area contributed by atoms with Crippen LogP contribution in [0.2, 0.25) is 0 Å². The van der Waals surface area contributed by atoms with Gasteiger partial charge in [-0.05, 0) is 12.1 Å². The van der Waals surface area contributed by atoms with E-state index in [1.54, 1.807) is 6.07 Å². The number of carbonyl (C=O) groups excluding carboxylic acids is 3. The van der Waals surface area contributed by atoms with Crippen molar-refractivity contribution in [3.8, 4) is 5.75 Å². The quantitative estimate of drug-likeness (QED) is 0.761. The van der Waals surface area contributed by atoms with E-state index >= 15 is 0 Å². The van der Waals surface area contributed by atoms with Gasteiger partial charge in [0.2, 0.25) is 11.8 Å². The molecule has 1 saturated heterocycles. The summed E-state index contributed by atoms with van der Waals surface area (Å²) in [6.07, 6.45) is 0. The topological polar surface area (TPSA) is 75.7 Å². The molecule has 6 nitrogen and oxygen atoms in total. The number of halogens is 1. The predicted molar refractivity (Wildman–Crippen MR) is 61.6 cm³/mol. The first kappa shape index (κ1) is 13.0. The summed E-state index contributed by atoms with van der Waals surface area (Å²) in [6.45, 7) is -0.835. The summed E-state index contributed by atoms with van der Waals surface area (Å²) in [5, 5.41) is 2.07. The number of para-hydroxylation sites is 1. The fourth-order valence-corrected chi connectivity index (χ4v) is 1.61. The molecule has 1 N–H and O–H groups in total. The standard InChI is InChI=1S/C12H11FN2O4/c13-8-3-1-2-4-9(8)19-7-12(18)15-5-10(16)14-11(17)6-15/h1-4H,5-7H2,(H,14,16,17). The minimum absolute atomic E-state index is 0.0522.